The van der Waals surface area contributed by atoms with Crippen molar-refractivity contribution in [2.24, 2.45) is 0 Å². The van der Waals surface area contributed by atoms with Crippen LogP contribution in [0.2, 0.25) is 0 Å². The van der Waals surface area contributed by atoms with Gasteiger partial charge in [-0.2, -0.15) is 0 Å². The molecule has 0 aliphatic carbocycles. The molecule has 3 N–H and O–H groups in total. The molecule has 0 radical (unpaired) electrons. The van der Waals surface area contributed by atoms with E-state index in [2.05, 4.69) is 10.0 Å². The van der Waals surface area contributed by atoms with Crippen LogP contribution in [0.4, 0.5) is 0 Å². The first-order valence-corrected chi connectivity index (χ1v) is 9.29. The van der Waals surface area contributed by atoms with Crippen LogP contribution in [0, 0.1) is 0 Å². The van der Waals surface area contributed by atoms with E-state index in [1.807, 2.05) is 0 Å². The summed E-state index contributed by atoms with van der Waals surface area (Å²) >= 11 is 0. The number of aliphatic hydroxyl groups is 1. The molecule has 1 fully saturated rings. The molecule has 0 spiro atoms. The minimum absolute atomic E-state index is 0.00541. The fraction of sp³-hybridized carbons (Fsp3) is 0.600. The van der Waals surface area contributed by atoms with Crippen molar-refractivity contribution < 1.29 is 23.0 Å². The van der Waals surface area contributed by atoms with Crippen LogP contribution in [0.5, 0.6) is 11.5 Å². The van der Waals surface area contributed by atoms with E-state index in [0.717, 1.165) is 13.0 Å². The summed E-state index contributed by atoms with van der Waals surface area (Å²) in [5.74, 6) is 0.972. The first kappa shape index (κ1) is 16.5. The number of rotatable bonds is 4. The van der Waals surface area contributed by atoms with Crippen LogP contribution in [0.15, 0.2) is 23.1 Å². The van der Waals surface area contributed by atoms with Crippen molar-refractivity contribution >= 4 is 10.0 Å². The summed E-state index contributed by atoms with van der Waals surface area (Å²) in [5.41, 5.74) is -1.01. The monoisotopic (exact) mass is 342 g/mol. The van der Waals surface area contributed by atoms with Crippen molar-refractivity contribution in [3.63, 3.8) is 0 Å². The minimum atomic E-state index is -3.71. The van der Waals surface area contributed by atoms with Gasteiger partial charge in [0, 0.05) is 12.6 Å². The lowest BCUT2D eigenvalue weighted by Crippen LogP contribution is -2.43. The average Bonchev–Trinajstić information content (AvgIpc) is 2.78. The molecule has 1 saturated heterocycles. The fourth-order valence-electron chi connectivity index (χ4n) is 2.79. The quantitative estimate of drug-likeness (QED) is 0.725. The molecule has 8 heteroatoms. The largest absolute Gasteiger partial charge is 0.486 e. The summed E-state index contributed by atoms with van der Waals surface area (Å²) in [5, 5.41) is 13.7. The lowest BCUT2D eigenvalue weighted by atomic mass is 9.95. The predicted octanol–water partition coefficient (Wildman–Crippen LogP) is 0.241. The molecular formula is C15H22N2O5S. The van der Waals surface area contributed by atoms with Gasteiger partial charge in [-0.1, -0.05) is 0 Å². The molecule has 0 amide bonds. The highest BCUT2D eigenvalue weighted by Crippen LogP contribution is 2.32. The smallest absolute Gasteiger partial charge is 0.240 e. The highest BCUT2D eigenvalue weighted by Gasteiger charge is 2.30. The standard InChI is InChI=1S/C15H22N2O5S/c18-15(4-1-6-16-7-5-15)11-17-23(19,20)12-2-3-13-14(10-12)22-9-8-21-13/h2-3,10,16-18H,1,4-9,11H2. The molecule has 2 aliphatic heterocycles. The third-order valence-electron chi connectivity index (χ3n) is 4.18. The van der Waals surface area contributed by atoms with Crippen molar-refractivity contribution in [1.29, 1.82) is 0 Å². The van der Waals surface area contributed by atoms with Crippen molar-refractivity contribution in [2.75, 3.05) is 32.8 Å². The maximum Gasteiger partial charge on any atom is 0.240 e. The molecule has 2 aliphatic rings. The van der Waals surface area contributed by atoms with Crippen LogP contribution in [0.1, 0.15) is 19.3 Å². The number of ether oxygens (including phenoxy) is 2. The zero-order chi connectivity index (χ0) is 16.3. The van der Waals surface area contributed by atoms with E-state index in [4.69, 9.17) is 9.47 Å². The Kier molecular flexibility index (Phi) is 4.77. The number of fused-ring (bicyclic) bond motifs is 1. The SMILES string of the molecule is O=S(=O)(NCC1(O)CCCNCC1)c1ccc2c(c1)OCCO2. The van der Waals surface area contributed by atoms with Crippen LogP contribution >= 0.6 is 0 Å². The molecule has 2 heterocycles. The molecule has 0 saturated carbocycles. The van der Waals surface area contributed by atoms with E-state index in [1.165, 1.54) is 12.1 Å². The van der Waals surface area contributed by atoms with Gasteiger partial charge >= 0.3 is 0 Å². The molecule has 23 heavy (non-hydrogen) atoms. The van der Waals surface area contributed by atoms with Gasteiger partial charge in [-0.15, -0.1) is 0 Å². The maximum absolute atomic E-state index is 12.5. The molecule has 0 bridgehead atoms. The highest BCUT2D eigenvalue weighted by atomic mass is 32.2. The molecule has 1 aromatic carbocycles. The fourth-order valence-corrected chi connectivity index (χ4v) is 3.93. The lowest BCUT2D eigenvalue weighted by molar-refractivity contribution is 0.0335. The topological polar surface area (TPSA) is 96.9 Å². The van der Waals surface area contributed by atoms with Crippen molar-refractivity contribution in [3.05, 3.63) is 18.2 Å². The third-order valence-corrected chi connectivity index (χ3v) is 5.58. The maximum atomic E-state index is 12.5. The van der Waals surface area contributed by atoms with Crippen molar-refractivity contribution in [2.45, 2.75) is 29.8 Å². The lowest BCUT2D eigenvalue weighted by Gasteiger charge is -2.26. The van der Waals surface area contributed by atoms with Gasteiger partial charge in [-0.05, 0) is 44.5 Å². The Balaban J connectivity index is 1.71. The van der Waals surface area contributed by atoms with Crippen LogP contribution in [-0.4, -0.2) is 52.0 Å². The molecular weight excluding hydrogens is 320 g/mol. The Morgan fingerprint density at radius 1 is 1.17 bits per heavy atom. The normalized spacial score (nSPS) is 24.9. The molecule has 3 rings (SSSR count). The van der Waals surface area contributed by atoms with Gasteiger partial charge in [0.1, 0.15) is 13.2 Å². The van der Waals surface area contributed by atoms with Crippen molar-refractivity contribution in [3.8, 4) is 11.5 Å². The number of hydrogen-bond donors (Lipinski definition) is 3. The third kappa shape index (κ3) is 3.95. The second-order valence-corrected chi connectivity index (χ2v) is 7.72. The number of nitrogens with one attached hydrogen (secondary N) is 2. The van der Waals surface area contributed by atoms with Gasteiger partial charge in [0.25, 0.3) is 0 Å². The molecule has 1 aromatic rings. The van der Waals surface area contributed by atoms with Gasteiger partial charge in [0.15, 0.2) is 11.5 Å². The summed E-state index contributed by atoms with van der Waals surface area (Å²) in [6.07, 6.45) is 1.92. The van der Waals surface area contributed by atoms with E-state index < -0.39 is 15.6 Å². The number of hydrogen-bond acceptors (Lipinski definition) is 6. The minimum Gasteiger partial charge on any atom is -0.486 e. The Morgan fingerprint density at radius 2 is 1.96 bits per heavy atom. The number of benzene rings is 1. The van der Waals surface area contributed by atoms with E-state index >= 15 is 0 Å². The second kappa shape index (κ2) is 6.64. The molecule has 7 nitrogen and oxygen atoms in total. The van der Waals surface area contributed by atoms with E-state index in [1.54, 1.807) is 6.07 Å². The Bertz CT molecular complexity index is 654. The van der Waals surface area contributed by atoms with Gasteiger partial charge < -0.3 is 19.9 Å². The average molecular weight is 342 g/mol. The molecule has 128 valence electrons. The zero-order valence-electron chi connectivity index (χ0n) is 12.9. The molecule has 1 atom stereocenters. The first-order chi connectivity index (χ1) is 11.0. The van der Waals surface area contributed by atoms with Crippen LogP contribution < -0.4 is 19.5 Å². The zero-order valence-corrected chi connectivity index (χ0v) is 13.7. The van der Waals surface area contributed by atoms with Crippen LogP contribution in [0.25, 0.3) is 0 Å². The van der Waals surface area contributed by atoms with E-state index in [0.29, 0.717) is 44.1 Å². The summed E-state index contributed by atoms with van der Waals surface area (Å²) in [6.45, 7) is 2.39. The van der Waals surface area contributed by atoms with E-state index in [-0.39, 0.29) is 11.4 Å². The van der Waals surface area contributed by atoms with Gasteiger partial charge in [-0.3, -0.25) is 0 Å². The van der Waals surface area contributed by atoms with Gasteiger partial charge in [0.05, 0.1) is 10.5 Å². The first-order valence-electron chi connectivity index (χ1n) is 7.81. The molecule has 0 aromatic heterocycles. The second-order valence-electron chi connectivity index (χ2n) is 5.96. The summed E-state index contributed by atoms with van der Waals surface area (Å²) < 4.78 is 38.2. The van der Waals surface area contributed by atoms with Gasteiger partial charge in [-0.25, -0.2) is 13.1 Å². The molecule has 1 unspecified atom stereocenters. The van der Waals surface area contributed by atoms with Crippen LogP contribution in [0.3, 0.4) is 0 Å². The van der Waals surface area contributed by atoms with E-state index in [9.17, 15) is 13.5 Å². The Labute approximate surface area is 136 Å². The Hall–Kier alpha value is -1.35. The highest BCUT2D eigenvalue weighted by molar-refractivity contribution is 7.89. The Morgan fingerprint density at radius 3 is 2.78 bits per heavy atom. The van der Waals surface area contributed by atoms with Crippen molar-refractivity contribution in [1.82, 2.24) is 10.0 Å². The predicted molar refractivity (Wildman–Crippen MR) is 84.3 cm³/mol. The van der Waals surface area contributed by atoms with Crippen LogP contribution in [-0.2, 0) is 10.0 Å². The summed E-state index contributed by atoms with van der Waals surface area (Å²) in [4.78, 5) is 0.108. The summed E-state index contributed by atoms with van der Waals surface area (Å²) in [7, 11) is -3.71. The number of sulfonamides is 1. The summed E-state index contributed by atoms with van der Waals surface area (Å²) in [6, 6.07) is 4.53. The van der Waals surface area contributed by atoms with Gasteiger partial charge in [0.2, 0.25) is 10.0 Å².